The second-order valence-electron chi connectivity index (χ2n) is 7.72. The molecule has 5 rings (SSSR count). The molecule has 0 radical (unpaired) electrons. The molecule has 148 valence electrons. The number of rotatable bonds is 3. The zero-order chi connectivity index (χ0) is 20.6. The fourth-order valence-corrected chi connectivity index (χ4v) is 4.33. The predicted molar refractivity (Wildman–Crippen MR) is 118 cm³/mol. The van der Waals surface area contributed by atoms with E-state index in [0.717, 1.165) is 28.7 Å². The topological polar surface area (TPSA) is 65.2 Å². The molecule has 3 aromatic rings. The van der Waals surface area contributed by atoms with Gasteiger partial charge in [-0.3, -0.25) is 0 Å². The molecule has 0 bridgehead atoms. The number of fused-ring (bicyclic) bond motifs is 2. The SMILES string of the molecule is Oc1ccccc1C1(O)C=Cc2ccccc2C1N=NC1CC=Cc2ccccc21. The summed E-state index contributed by atoms with van der Waals surface area (Å²) >= 11 is 0. The van der Waals surface area contributed by atoms with E-state index in [2.05, 4.69) is 24.3 Å². The number of aromatic hydroxyl groups is 1. The van der Waals surface area contributed by atoms with Crippen LogP contribution >= 0.6 is 0 Å². The van der Waals surface area contributed by atoms with Crippen LogP contribution in [0.2, 0.25) is 0 Å². The Hall–Kier alpha value is -3.50. The third-order valence-electron chi connectivity index (χ3n) is 5.89. The minimum absolute atomic E-state index is 0.0372. The molecular weight excluding hydrogens is 372 g/mol. The van der Waals surface area contributed by atoms with E-state index in [0.29, 0.717) is 5.56 Å². The van der Waals surface area contributed by atoms with Crippen molar-refractivity contribution < 1.29 is 10.2 Å². The number of azo groups is 1. The molecular formula is C26H22N2O2. The first-order valence-electron chi connectivity index (χ1n) is 10.1. The van der Waals surface area contributed by atoms with Crippen molar-refractivity contribution in [3.05, 3.63) is 113 Å². The molecule has 0 heterocycles. The van der Waals surface area contributed by atoms with Crippen LogP contribution in [0.3, 0.4) is 0 Å². The van der Waals surface area contributed by atoms with E-state index in [1.165, 1.54) is 0 Å². The van der Waals surface area contributed by atoms with Crippen LogP contribution < -0.4 is 0 Å². The summed E-state index contributed by atoms with van der Waals surface area (Å²) in [6.45, 7) is 0. The van der Waals surface area contributed by atoms with Crippen LogP contribution in [0.25, 0.3) is 12.2 Å². The average molecular weight is 394 g/mol. The molecule has 0 spiro atoms. The Labute approximate surface area is 175 Å². The Morgan fingerprint density at radius 1 is 0.767 bits per heavy atom. The fourth-order valence-electron chi connectivity index (χ4n) is 4.33. The van der Waals surface area contributed by atoms with Crippen molar-refractivity contribution in [3.63, 3.8) is 0 Å². The minimum atomic E-state index is -1.49. The highest BCUT2D eigenvalue weighted by Crippen LogP contribution is 2.47. The normalized spacial score (nSPS) is 24.6. The number of nitrogens with zero attached hydrogens (tertiary/aromatic N) is 2. The van der Waals surface area contributed by atoms with Crippen molar-refractivity contribution in [2.45, 2.75) is 24.1 Å². The minimum Gasteiger partial charge on any atom is -0.508 e. The second-order valence-corrected chi connectivity index (χ2v) is 7.72. The van der Waals surface area contributed by atoms with Crippen LogP contribution in [0.5, 0.6) is 5.75 Å². The van der Waals surface area contributed by atoms with Gasteiger partial charge in [0.25, 0.3) is 0 Å². The highest BCUT2D eigenvalue weighted by atomic mass is 16.3. The third-order valence-corrected chi connectivity index (χ3v) is 5.89. The molecule has 3 aromatic carbocycles. The van der Waals surface area contributed by atoms with E-state index < -0.39 is 11.6 Å². The lowest BCUT2D eigenvalue weighted by Crippen LogP contribution is -2.33. The number of phenols is 1. The first-order chi connectivity index (χ1) is 14.7. The van der Waals surface area contributed by atoms with Gasteiger partial charge in [0, 0.05) is 5.56 Å². The van der Waals surface area contributed by atoms with Gasteiger partial charge in [0.2, 0.25) is 0 Å². The molecule has 3 atom stereocenters. The van der Waals surface area contributed by atoms with Crippen molar-refractivity contribution in [2.24, 2.45) is 10.2 Å². The van der Waals surface area contributed by atoms with E-state index in [9.17, 15) is 10.2 Å². The van der Waals surface area contributed by atoms with Gasteiger partial charge < -0.3 is 10.2 Å². The van der Waals surface area contributed by atoms with Crippen LogP contribution in [0, 0.1) is 0 Å². The van der Waals surface area contributed by atoms with Crippen molar-refractivity contribution in [2.75, 3.05) is 0 Å². The monoisotopic (exact) mass is 394 g/mol. The first kappa shape index (κ1) is 18.5. The van der Waals surface area contributed by atoms with Crippen LogP contribution in [0.4, 0.5) is 0 Å². The van der Waals surface area contributed by atoms with Crippen molar-refractivity contribution in [3.8, 4) is 5.75 Å². The van der Waals surface area contributed by atoms with E-state index in [1.54, 1.807) is 30.3 Å². The average Bonchev–Trinajstić information content (AvgIpc) is 2.79. The summed E-state index contributed by atoms with van der Waals surface area (Å²) in [5, 5.41) is 31.6. The lowest BCUT2D eigenvalue weighted by molar-refractivity contribution is 0.0540. The maximum atomic E-state index is 11.7. The van der Waals surface area contributed by atoms with Crippen LogP contribution in [0.15, 0.2) is 95.2 Å². The van der Waals surface area contributed by atoms with Crippen molar-refractivity contribution in [1.29, 1.82) is 0 Å². The number of phenolic OH excluding ortho intramolecular Hbond substituents is 1. The molecule has 0 amide bonds. The standard InChI is InChI=1S/C26H22N2O2/c29-24-15-6-5-13-22(24)26(30)17-16-19-9-2-4-12-21(19)25(26)28-27-23-14-7-10-18-8-1-3-11-20(18)23/h1-13,15-17,23,25,29-30H,14H2. The molecule has 4 heteroatoms. The summed E-state index contributed by atoms with van der Waals surface area (Å²) in [6, 6.07) is 22.1. The molecule has 30 heavy (non-hydrogen) atoms. The van der Waals surface area contributed by atoms with Gasteiger partial charge in [-0.2, -0.15) is 10.2 Å². The summed E-state index contributed by atoms with van der Waals surface area (Å²) in [7, 11) is 0. The van der Waals surface area contributed by atoms with Crippen molar-refractivity contribution in [1.82, 2.24) is 0 Å². The number of benzene rings is 3. The van der Waals surface area contributed by atoms with E-state index >= 15 is 0 Å². The first-order valence-corrected chi connectivity index (χ1v) is 10.1. The molecule has 0 fully saturated rings. The van der Waals surface area contributed by atoms with E-state index in [-0.39, 0.29) is 11.8 Å². The van der Waals surface area contributed by atoms with E-state index in [1.807, 2.05) is 42.5 Å². The summed E-state index contributed by atoms with van der Waals surface area (Å²) in [6.07, 6.45) is 8.57. The zero-order valence-corrected chi connectivity index (χ0v) is 16.4. The molecule has 0 saturated heterocycles. The second kappa shape index (κ2) is 7.39. The molecule has 0 aliphatic heterocycles. The van der Waals surface area contributed by atoms with Crippen LogP contribution in [-0.2, 0) is 5.60 Å². The Morgan fingerprint density at radius 3 is 2.23 bits per heavy atom. The molecule has 2 aliphatic rings. The Kier molecular flexibility index (Phi) is 4.57. The Morgan fingerprint density at radius 2 is 1.43 bits per heavy atom. The maximum absolute atomic E-state index is 11.7. The van der Waals surface area contributed by atoms with Gasteiger partial charge in [-0.05, 0) is 40.8 Å². The van der Waals surface area contributed by atoms with Gasteiger partial charge in [-0.25, -0.2) is 0 Å². The zero-order valence-electron chi connectivity index (χ0n) is 16.4. The van der Waals surface area contributed by atoms with Gasteiger partial charge in [0.15, 0.2) is 0 Å². The third kappa shape index (κ3) is 3.06. The van der Waals surface area contributed by atoms with Gasteiger partial charge >= 0.3 is 0 Å². The van der Waals surface area contributed by atoms with Gasteiger partial charge in [-0.15, -0.1) is 0 Å². The molecule has 2 N–H and O–H groups in total. The molecule has 4 nitrogen and oxygen atoms in total. The number of para-hydroxylation sites is 1. The Balaban J connectivity index is 1.60. The molecule has 0 aromatic heterocycles. The number of hydrogen-bond donors (Lipinski definition) is 2. The van der Waals surface area contributed by atoms with E-state index in [4.69, 9.17) is 10.2 Å². The lowest BCUT2D eigenvalue weighted by atomic mass is 9.77. The quantitative estimate of drug-likeness (QED) is 0.539. The lowest BCUT2D eigenvalue weighted by Gasteiger charge is -2.35. The highest BCUT2D eigenvalue weighted by Gasteiger charge is 2.42. The highest BCUT2D eigenvalue weighted by molar-refractivity contribution is 5.63. The molecule has 2 aliphatic carbocycles. The molecule has 3 unspecified atom stereocenters. The van der Waals surface area contributed by atoms with Crippen LogP contribution in [-0.4, -0.2) is 10.2 Å². The summed E-state index contributed by atoms with van der Waals surface area (Å²) in [5.41, 5.74) is 3.08. The number of aliphatic hydroxyl groups is 1. The Bertz CT molecular complexity index is 1180. The summed E-state index contributed by atoms with van der Waals surface area (Å²) < 4.78 is 0. The summed E-state index contributed by atoms with van der Waals surface area (Å²) in [5.74, 6) is 0.0372. The predicted octanol–water partition coefficient (Wildman–Crippen LogP) is 5.96. The smallest absolute Gasteiger partial charge is 0.140 e. The van der Waals surface area contributed by atoms with Crippen molar-refractivity contribution >= 4 is 12.2 Å². The number of hydrogen-bond acceptors (Lipinski definition) is 4. The molecule has 0 saturated carbocycles. The maximum Gasteiger partial charge on any atom is 0.140 e. The fraction of sp³-hybridized carbons (Fsp3) is 0.154. The van der Waals surface area contributed by atoms with Gasteiger partial charge in [0.1, 0.15) is 17.4 Å². The largest absolute Gasteiger partial charge is 0.508 e. The summed E-state index contributed by atoms with van der Waals surface area (Å²) in [4.78, 5) is 0. The van der Waals surface area contributed by atoms with Crippen LogP contribution in [0.1, 0.15) is 46.3 Å². The van der Waals surface area contributed by atoms with Gasteiger partial charge in [0.05, 0.1) is 6.04 Å². The van der Waals surface area contributed by atoms with Gasteiger partial charge in [-0.1, -0.05) is 85.0 Å².